The van der Waals surface area contributed by atoms with Gasteiger partial charge in [0.2, 0.25) is 0 Å². The number of hydrogen-bond donors (Lipinski definition) is 1. The van der Waals surface area contributed by atoms with E-state index in [4.69, 9.17) is 14.6 Å². The molecular weight excluding hydrogens is 218 g/mol. The number of ether oxygens (including phenoxy) is 2. The zero-order valence-corrected chi connectivity index (χ0v) is 10.6. The van der Waals surface area contributed by atoms with Crippen molar-refractivity contribution in [2.45, 2.75) is 31.8 Å². The summed E-state index contributed by atoms with van der Waals surface area (Å²) in [5, 5.41) is 9.06. The number of nitrogens with zero attached hydrogens (tertiary/aromatic N) is 1. The monoisotopic (exact) mass is 243 g/mol. The Hall–Kier alpha value is -0.160. The minimum atomic E-state index is 0.348. The first-order valence-electron chi connectivity index (χ1n) is 6.91. The normalized spacial score (nSPS) is 31.6. The number of morpholine rings is 1. The summed E-state index contributed by atoms with van der Waals surface area (Å²) < 4.78 is 11.2. The van der Waals surface area contributed by atoms with E-state index in [1.54, 1.807) is 0 Å². The SMILES string of the molecule is OCC1CCC(OCCN2CCOCC2)CC1. The quantitative estimate of drug-likeness (QED) is 0.778. The van der Waals surface area contributed by atoms with E-state index in [2.05, 4.69) is 4.90 Å². The Kier molecular flexibility index (Phi) is 5.71. The second kappa shape index (κ2) is 7.31. The van der Waals surface area contributed by atoms with Crippen molar-refractivity contribution in [3.63, 3.8) is 0 Å². The Morgan fingerprint density at radius 1 is 1.12 bits per heavy atom. The van der Waals surface area contributed by atoms with E-state index in [-0.39, 0.29) is 0 Å². The van der Waals surface area contributed by atoms with Crippen LogP contribution in [-0.2, 0) is 9.47 Å². The van der Waals surface area contributed by atoms with E-state index >= 15 is 0 Å². The van der Waals surface area contributed by atoms with Crippen LogP contribution in [0.5, 0.6) is 0 Å². The lowest BCUT2D eigenvalue weighted by Crippen LogP contribution is -2.39. The molecule has 100 valence electrons. The molecule has 0 amide bonds. The van der Waals surface area contributed by atoms with Crippen LogP contribution in [0, 0.1) is 5.92 Å². The summed E-state index contributed by atoms with van der Waals surface area (Å²) in [5.41, 5.74) is 0. The van der Waals surface area contributed by atoms with E-state index in [1.165, 1.54) is 0 Å². The molecule has 2 aliphatic rings. The maximum absolute atomic E-state index is 9.06. The molecule has 17 heavy (non-hydrogen) atoms. The molecule has 1 aliphatic heterocycles. The molecule has 0 atom stereocenters. The Morgan fingerprint density at radius 3 is 2.47 bits per heavy atom. The molecule has 0 aromatic heterocycles. The minimum absolute atomic E-state index is 0.348. The van der Waals surface area contributed by atoms with Gasteiger partial charge >= 0.3 is 0 Å². The van der Waals surface area contributed by atoms with Crippen LogP contribution in [0.25, 0.3) is 0 Å². The summed E-state index contributed by atoms with van der Waals surface area (Å²) in [7, 11) is 0. The van der Waals surface area contributed by atoms with Crippen molar-refractivity contribution < 1.29 is 14.6 Å². The molecule has 1 heterocycles. The van der Waals surface area contributed by atoms with E-state index in [0.29, 0.717) is 18.6 Å². The molecule has 4 heteroatoms. The lowest BCUT2D eigenvalue weighted by Gasteiger charge is -2.30. The van der Waals surface area contributed by atoms with Gasteiger partial charge in [-0.1, -0.05) is 0 Å². The summed E-state index contributed by atoms with van der Waals surface area (Å²) in [6.07, 6.45) is 4.92. The summed E-state index contributed by atoms with van der Waals surface area (Å²) >= 11 is 0. The van der Waals surface area contributed by atoms with Crippen molar-refractivity contribution in [1.82, 2.24) is 4.90 Å². The van der Waals surface area contributed by atoms with Crippen LogP contribution < -0.4 is 0 Å². The smallest absolute Gasteiger partial charge is 0.0597 e. The van der Waals surface area contributed by atoms with Crippen molar-refractivity contribution in [2.75, 3.05) is 46.1 Å². The van der Waals surface area contributed by atoms with Crippen molar-refractivity contribution in [3.05, 3.63) is 0 Å². The van der Waals surface area contributed by atoms with Crippen LogP contribution in [0.2, 0.25) is 0 Å². The van der Waals surface area contributed by atoms with Gasteiger partial charge in [-0.05, 0) is 31.6 Å². The van der Waals surface area contributed by atoms with Crippen LogP contribution in [0.15, 0.2) is 0 Å². The molecule has 2 fully saturated rings. The van der Waals surface area contributed by atoms with E-state index < -0.39 is 0 Å². The van der Waals surface area contributed by atoms with Gasteiger partial charge < -0.3 is 14.6 Å². The number of rotatable bonds is 5. The lowest BCUT2D eigenvalue weighted by atomic mass is 9.88. The maximum Gasteiger partial charge on any atom is 0.0597 e. The van der Waals surface area contributed by atoms with E-state index in [0.717, 1.165) is 65.1 Å². The van der Waals surface area contributed by atoms with Gasteiger partial charge in [-0.3, -0.25) is 4.90 Å². The Labute approximate surface area is 104 Å². The number of aliphatic hydroxyl groups is 1. The van der Waals surface area contributed by atoms with Crippen molar-refractivity contribution in [1.29, 1.82) is 0 Å². The fourth-order valence-electron chi connectivity index (χ4n) is 2.65. The zero-order chi connectivity index (χ0) is 11.9. The molecular formula is C13H25NO3. The van der Waals surface area contributed by atoms with Gasteiger partial charge in [-0.25, -0.2) is 0 Å². The largest absolute Gasteiger partial charge is 0.396 e. The first-order valence-corrected chi connectivity index (χ1v) is 6.91. The molecule has 0 bridgehead atoms. The minimum Gasteiger partial charge on any atom is -0.396 e. The summed E-state index contributed by atoms with van der Waals surface area (Å²) in [6, 6.07) is 0. The van der Waals surface area contributed by atoms with Gasteiger partial charge in [0.05, 0.1) is 25.9 Å². The third-order valence-corrected chi connectivity index (χ3v) is 3.92. The average Bonchev–Trinajstić information content (AvgIpc) is 2.41. The first-order chi connectivity index (χ1) is 8.38. The molecule has 0 aromatic carbocycles. The van der Waals surface area contributed by atoms with Gasteiger partial charge in [-0.2, -0.15) is 0 Å². The van der Waals surface area contributed by atoms with Crippen LogP contribution in [0.3, 0.4) is 0 Å². The molecule has 0 spiro atoms. The van der Waals surface area contributed by atoms with Gasteiger partial charge in [0, 0.05) is 26.2 Å². The molecule has 1 saturated carbocycles. The summed E-state index contributed by atoms with van der Waals surface area (Å²) in [6.45, 7) is 6.03. The molecule has 4 nitrogen and oxygen atoms in total. The van der Waals surface area contributed by atoms with Gasteiger partial charge in [-0.15, -0.1) is 0 Å². The molecule has 1 N–H and O–H groups in total. The van der Waals surface area contributed by atoms with Crippen molar-refractivity contribution >= 4 is 0 Å². The van der Waals surface area contributed by atoms with Crippen molar-refractivity contribution in [3.8, 4) is 0 Å². The van der Waals surface area contributed by atoms with Crippen molar-refractivity contribution in [2.24, 2.45) is 5.92 Å². The van der Waals surface area contributed by atoms with Gasteiger partial charge in [0.15, 0.2) is 0 Å². The van der Waals surface area contributed by atoms with E-state index in [1.807, 2.05) is 0 Å². The predicted octanol–water partition coefficient (Wildman–Crippen LogP) is 0.886. The Bertz CT molecular complexity index is 199. The third kappa shape index (κ3) is 4.54. The van der Waals surface area contributed by atoms with E-state index in [9.17, 15) is 0 Å². The summed E-state index contributed by atoms with van der Waals surface area (Å²) in [5.74, 6) is 0.522. The van der Waals surface area contributed by atoms with Crippen LogP contribution in [-0.4, -0.2) is 62.2 Å². The van der Waals surface area contributed by atoms with Crippen LogP contribution in [0.4, 0.5) is 0 Å². The fourth-order valence-corrected chi connectivity index (χ4v) is 2.65. The second-order valence-electron chi connectivity index (χ2n) is 5.15. The Morgan fingerprint density at radius 2 is 1.82 bits per heavy atom. The molecule has 2 rings (SSSR count). The van der Waals surface area contributed by atoms with Gasteiger partial charge in [0.25, 0.3) is 0 Å². The Balaban J connectivity index is 1.53. The second-order valence-corrected chi connectivity index (χ2v) is 5.15. The third-order valence-electron chi connectivity index (χ3n) is 3.92. The average molecular weight is 243 g/mol. The molecule has 0 unspecified atom stereocenters. The highest BCUT2D eigenvalue weighted by atomic mass is 16.5. The molecule has 0 radical (unpaired) electrons. The topological polar surface area (TPSA) is 41.9 Å². The molecule has 1 saturated heterocycles. The maximum atomic E-state index is 9.06. The van der Waals surface area contributed by atoms with Crippen LogP contribution >= 0.6 is 0 Å². The standard InChI is InChI=1S/C13H25NO3/c15-11-12-1-3-13(4-2-12)17-10-7-14-5-8-16-9-6-14/h12-13,15H,1-11H2. The molecule has 1 aliphatic carbocycles. The van der Waals surface area contributed by atoms with Gasteiger partial charge in [0.1, 0.15) is 0 Å². The van der Waals surface area contributed by atoms with Crippen LogP contribution in [0.1, 0.15) is 25.7 Å². The highest BCUT2D eigenvalue weighted by Crippen LogP contribution is 2.25. The zero-order valence-electron chi connectivity index (χ0n) is 10.6. The lowest BCUT2D eigenvalue weighted by molar-refractivity contribution is -0.0161. The highest BCUT2D eigenvalue weighted by molar-refractivity contribution is 4.72. The number of aliphatic hydroxyl groups excluding tert-OH is 1. The fraction of sp³-hybridized carbons (Fsp3) is 1.00. The number of hydrogen-bond acceptors (Lipinski definition) is 4. The molecule has 0 aromatic rings. The first kappa shape index (κ1) is 13.3. The summed E-state index contributed by atoms with van der Waals surface area (Å²) in [4.78, 5) is 2.41. The highest BCUT2D eigenvalue weighted by Gasteiger charge is 2.21. The predicted molar refractivity (Wildman–Crippen MR) is 66.0 cm³/mol.